The van der Waals surface area contributed by atoms with E-state index < -0.39 is 0 Å². The highest BCUT2D eigenvalue weighted by Crippen LogP contribution is 2.26. The van der Waals surface area contributed by atoms with Crippen molar-refractivity contribution in [1.29, 1.82) is 0 Å². The number of nitrogens with one attached hydrogen (secondary N) is 2. The third-order valence-electron chi connectivity index (χ3n) is 3.04. The lowest BCUT2D eigenvalue weighted by atomic mass is 10.3. The molecule has 0 unspecified atom stereocenters. The molecule has 1 heterocycles. The van der Waals surface area contributed by atoms with Crippen LogP contribution in [0, 0.1) is 6.92 Å². The van der Waals surface area contributed by atoms with Crippen LogP contribution in [0.5, 0.6) is 5.75 Å². The second kappa shape index (κ2) is 7.47. The van der Waals surface area contributed by atoms with Crippen molar-refractivity contribution >= 4 is 17.5 Å². The molecule has 0 spiro atoms. The van der Waals surface area contributed by atoms with Crippen LogP contribution in [0.3, 0.4) is 0 Å². The summed E-state index contributed by atoms with van der Waals surface area (Å²) in [6, 6.07) is 9.68. The van der Waals surface area contributed by atoms with Gasteiger partial charge in [0.2, 0.25) is 5.95 Å². The molecule has 5 heteroatoms. The molecular weight excluding hydrogens is 264 g/mol. The summed E-state index contributed by atoms with van der Waals surface area (Å²) >= 11 is 0. The average molecular weight is 286 g/mol. The van der Waals surface area contributed by atoms with Crippen molar-refractivity contribution in [2.75, 3.05) is 24.3 Å². The Morgan fingerprint density at radius 1 is 1.19 bits per heavy atom. The summed E-state index contributed by atoms with van der Waals surface area (Å²) in [6.07, 6.45) is 2.25. The number of hydrogen-bond donors (Lipinski definition) is 2. The molecule has 0 atom stereocenters. The lowest BCUT2D eigenvalue weighted by Crippen LogP contribution is -2.07. The molecule has 1 aromatic heterocycles. The first-order valence-corrected chi connectivity index (χ1v) is 7.22. The van der Waals surface area contributed by atoms with E-state index in [4.69, 9.17) is 4.74 Å². The van der Waals surface area contributed by atoms with Gasteiger partial charge in [0, 0.05) is 18.3 Å². The molecule has 112 valence electrons. The van der Waals surface area contributed by atoms with E-state index in [1.165, 1.54) is 0 Å². The van der Waals surface area contributed by atoms with Crippen LogP contribution in [0.4, 0.5) is 17.5 Å². The van der Waals surface area contributed by atoms with Crippen molar-refractivity contribution in [3.05, 3.63) is 36.0 Å². The maximum atomic E-state index is 5.34. The van der Waals surface area contributed by atoms with E-state index >= 15 is 0 Å². The van der Waals surface area contributed by atoms with Crippen LogP contribution in [0.1, 0.15) is 25.5 Å². The Labute approximate surface area is 125 Å². The first-order valence-electron chi connectivity index (χ1n) is 7.22. The Morgan fingerprint density at radius 2 is 2.00 bits per heavy atom. The number of ether oxygens (including phenoxy) is 1. The summed E-state index contributed by atoms with van der Waals surface area (Å²) in [5.74, 6) is 2.20. The van der Waals surface area contributed by atoms with Crippen LogP contribution in [-0.2, 0) is 0 Å². The number of aromatic nitrogens is 2. The van der Waals surface area contributed by atoms with E-state index in [-0.39, 0.29) is 0 Å². The van der Waals surface area contributed by atoms with E-state index in [1.807, 2.05) is 37.3 Å². The van der Waals surface area contributed by atoms with Crippen LogP contribution >= 0.6 is 0 Å². The molecule has 0 aliphatic carbocycles. The Bertz CT molecular complexity index is 586. The lowest BCUT2D eigenvalue weighted by molar-refractivity contribution is 0.417. The molecule has 2 aromatic rings. The standard InChI is InChI=1S/C16H22N4O/c1-4-5-10-17-16-18-12(2)11-15(20-16)19-13-8-6-7-9-14(13)21-3/h6-9,11H,4-5,10H2,1-3H3,(H2,17,18,19,20). The lowest BCUT2D eigenvalue weighted by Gasteiger charge is -2.12. The molecule has 0 saturated carbocycles. The van der Waals surface area contributed by atoms with Crippen LogP contribution in [0.15, 0.2) is 30.3 Å². The molecule has 0 saturated heterocycles. The minimum Gasteiger partial charge on any atom is -0.495 e. The number of unbranched alkanes of at least 4 members (excludes halogenated alkanes) is 1. The van der Waals surface area contributed by atoms with Crippen LogP contribution in [-0.4, -0.2) is 23.6 Å². The summed E-state index contributed by atoms with van der Waals surface area (Å²) in [5, 5.41) is 6.53. The second-order valence-electron chi connectivity index (χ2n) is 4.82. The van der Waals surface area contributed by atoms with Crippen LogP contribution in [0.25, 0.3) is 0 Å². The van der Waals surface area contributed by atoms with Gasteiger partial charge in [-0.3, -0.25) is 0 Å². The van der Waals surface area contributed by atoms with Gasteiger partial charge in [-0.1, -0.05) is 25.5 Å². The fourth-order valence-electron chi connectivity index (χ4n) is 1.97. The van der Waals surface area contributed by atoms with Gasteiger partial charge in [-0.2, -0.15) is 4.98 Å². The number of para-hydroxylation sites is 2. The molecule has 0 bridgehead atoms. The molecule has 1 aromatic carbocycles. The van der Waals surface area contributed by atoms with Gasteiger partial charge in [0.25, 0.3) is 0 Å². The van der Waals surface area contributed by atoms with Crippen molar-refractivity contribution in [3.8, 4) is 5.75 Å². The summed E-state index contributed by atoms with van der Waals surface area (Å²) in [7, 11) is 1.66. The van der Waals surface area contributed by atoms with E-state index in [2.05, 4.69) is 27.5 Å². The first-order chi connectivity index (χ1) is 10.2. The van der Waals surface area contributed by atoms with Gasteiger partial charge < -0.3 is 15.4 Å². The van der Waals surface area contributed by atoms with Crippen molar-refractivity contribution in [1.82, 2.24) is 9.97 Å². The zero-order valence-electron chi connectivity index (χ0n) is 12.8. The van der Waals surface area contributed by atoms with E-state index in [9.17, 15) is 0 Å². The number of rotatable bonds is 7. The molecular formula is C16H22N4O. The van der Waals surface area contributed by atoms with E-state index in [1.54, 1.807) is 7.11 Å². The van der Waals surface area contributed by atoms with Gasteiger partial charge in [0.15, 0.2) is 0 Å². The minimum atomic E-state index is 0.654. The molecule has 21 heavy (non-hydrogen) atoms. The third-order valence-corrected chi connectivity index (χ3v) is 3.04. The summed E-state index contributed by atoms with van der Waals surface area (Å²) in [4.78, 5) is 8.88. The monoisotopic (exact) mass is 286 g/mol. The molecule has 0 radical (unpaired) electrons. The molecule has 0 aliphatic rings. The van der Waals surface area contributed by atoms with Gasteiger partial charge in [-0.25, -0.2) is 4.98 Å². The van der Waals surface area contributed by atoms with Gasteiger partial charge in [0.1, 0.15) is 11.6 Å². The smallest absolute Gasteiger partial charge is 0.224 e. The Morgan fingerprint density at radius 3 is 2.76 bits per heavy atom. The number of methoxy groups -OCH3 is 1. The van der Waals surface area contributed by atoms with Crippen molar-refractivity contribution < 1.29 is 4.74 Å². The molecule has 2 rings (SSSR count). The number of anilines is 3. The number of nitrogens with zero attached hydrogens (tertiary/aromatic N) is 2. The predicted molar refractivity (Wildman–Crippen MR) is 86.4 cm³/mol. The Balaban J connectivity index is 2.15. The number of hydrogen-bond acceptors (Lipinski definition) is 5. The van der Waals surface area contributed by atoms with Gasteiger partial charge in [-0.15, -0.1) is 0 Å². The van der Waals surface area contributed by atoms with Crippen molar-refractivity contribution in [2.24, 2.45) is 0 Å². The van der Waals surface area contributed by atoms with Crippen LogP contribution in [0.2, 0.25) is 0 Å². The fraction of sp³-hybridized carbons (Fsp3) is 0.375. The highest BCUT2D eigenvalue weighted by molar-refractivity contribution is 5.64. The second-order valence-corrected chi connectivity index (χ2v) is 4.82. The Kier molecular flexibility index (Phi) is 5.37. The zero-order chi connectivity index (χ0) is 15.1. The minimum absolute atomic E-state index is 0.654. The first kappa shape index (κ1) is 15.1. The molecule has 0 amide bonds. The average Bonchev–Trinajstić information content (AvgIpc) is 2.47. The number of benzene rings is 1. The molecule has 5 nitrogen and oxygen atoms in total. The molecule has 2 N–H and O–H groups in total. The predicted octanol–water partition coefficient (Wildman–Crippen LogP) is 3.75. The highest BCUT2D eigenvalue weighted by Gasteiger charge is 2.05. The summed E-state index contributed by atoms with van der Waals surface area (Å²) in [5.41, 5.74) is 1.80. The molecule has 0 aliphatic heterocycles. The zero-order valence-corrected chi connectivity index (χ0v) is 12.8. The van der Waals surface area contributed by atoms with Gasteiger partial charge >= 0.3 is 0 Å². The van der Waals surface area contributed by atoms with Crippen molar-refractivity contribution in [2.45, 2.75) is 26.7 Å². The maximum absolute atomic E-state index is 5.34. The van der Waals surface area contributed by atoms with Gasteiger partial charge in [0.05, 0.1) is 12.8 Å². The third kappa shape index (κ3) is 4.34. The quantitative estimate of drug-likeness (QED) is 0.759. The maximum Gasteiger partial charge on any atom is 0.224 e. The van der Waals surface area contributed by atoms with Crippen molar-refractivity contribution in [3.63, 3.8) is 0 Å². The topological polar surface area (TPSA) is 59.1 Å². The summed E-state index contributed by atoms with van der Waals surface area (Å²) in [6.45, 7) is 5.00. The van der Waals surface area contributed by atoms with Crippen LogP contribution < -0.4 is 15.4 Å². The fourth-order valence-corrected chi connectivity index (χ4v) is 1.97. The highest BCUT2D eigenvalue weighted by atomic mass is 16.5. The van der Waals surface area contributed by atoms with Gasteiger partial charge in [-0.05, 0) is 25.5 Å². The molecule has 0 fully saturated rings. The number of aryl methyl sites for hydroxylation is 1. The van der Waals surface area contributed by atoms with E-state index in [0.717, 1.165) is 42.3 Å². The largest absolute Gasteiger partial charge is 0.495 e. The summed E-state index contributed by atoms with van der Waals surface area (Å²) < 4.78 is 5.34. The normalized spacial score (nSPS) is 10.2. The van der Waals surface area contributed by atoms with E-state index in [0.29, 0.717) is 5.95 Å². The Hall–Kier alpha value is -2.30. The SMILES string of the molecule is CCCCNc1nc(C)cc(Nc2ccccc2OC)n1.